The summed E-state index contributed by atoms with van der Waals surface area (Å²) in [5, 5.41) is 17.4. The van der Waals surface area contributed by atoms with Gasteiger partial charge in [-0.2, -0.15) is 0 Å². The molecule has 0 saturated heterocycles. The molecule has 0 aliphatic heterocycles. The minimum absolute atomic E-state index is 0.196. The fourth-order valence-corrected chi connectivity index (χ4v) is 2.09. The molecular weight excluding hydrogens is 306 g/mol. The van der Waals surface area contributed by atoms with Gasteiger partial charge < -0.3 is 15.2 Å². The van der Waals surface area contributed by atoms with Crippen LogP contribution in [-0.2, 0) is 0 Å². The molecule has 1 aromatic carbocycles. The highest BCUT2D eigenvalue weighted by Gasteiger charge is 2.11. The molecule has 0 aliphatic carbocycles. The van der Waals surface area contributed by atoms with Gasteiger partial charge in [0, 0.05) is 11.8 Å². The number of nitrogens with zero attached hydrogens (tertiary/aromatic N) is 3. The average Bonchev–Trinajstić information content (AvgIpc) is 2.96. The third-order valence-electron chi connectivity index (χ3n) is 3.55. The maximum absolute atomic E-state index is 12.1. The summed E-state index contributed by atoms with van der Waals surface area (Å²) < 4.78 is 4.89. The second kappa shape index (κ2) is 6.49. The van der Waals surface area contributed by atoms with Crippen LogP contribution in [0.2, 0.25) is 0 Å². The standard InChI is InChI=1S/C17H17N5O2/c1-10-4-5-13(8-11(10)2)18-15-7-6-14(20-21-15)17(23)19-16-9-12(3)24-22-16/h4-9H,1-3H3,(H,18,21)(H,19,22,23). The van der Waals surface area contributed by atoms with E-state index in [9.17, 15) is 4.79 Å². The zero-order valence-electron chi connectivity index (χ0n) is 13.6. The van der Waals surface area contributed by atoms with Gasteiger partial charge in [-0.3, -0.25) is 4.79 Å². The molecule has 0 unspecified atom stereocenters. The third-order valence-corrected chi connectivity index (χ3v) is 3.55. The molecule has 0 bridgehead atoms. The molecule has 2 heterocycles. The minimum atomic E-state index is -0.395. The summed E-state index contributed by atoms with van der Waals surface area (Å²) in [6, 6.07) is 11.0. The first-order valence-electron chi connectivity index (χ1n) is 7.44. The summed E-state index contributed by atoms with van der Waals surface area (Å²) in [7, 11) is 0. The summed E-state index contributed by atoms with van der Waals surface area (Å²) >= 11 is 0. The van der Waals surface area contributed by atoms with Gasteiger partial charge in [-0.25, -0.2) is 0 Å². The van der Waals surface area contributed by atoms with Crippen molar-refractivity contribution in [3.05, 3.63) is 59.0 Å². The van der Waals surface area contributed by atoms with Gasteiger partial charge in [0.05, 0.1) is 0 Å². The number of hydrogen-bond donors (Lipinski definition) is 2. The van der Waals surface area contributed by atoms with Crippen molar-refractivity contribution in [1.82, 2.24) is 15.4 Å². The number of aromatic nitrogens is 3. The molecule has 0 saturated carbocycles. The van der Waals surface area contributed by atoms with E-state index in [4.69, 9.17) is 4.52 Å². The largest absolute Gasteiger partial charge is 0.360 e. The molecule has 2 aromatic heterocycles. The van der Waals surface area contributed by atoms with Crippen LogP contribution in [0.25, 0.3) is 0 Å². The van der Waals surface area contributed by atoms with Crippen LogP contribution in [-0.4, -0.2) is 21.3 Å². The maximum Gasteiger partial charge on any atom is 0.277 e. The number of aryl methyl sites for hydroxylation is 3. The predicted molar refractivity (Wildman–Crippen MR) is 90.4 cm³/mol. The molecular formula is C17H17N5O2. The quantitative estimate of drug-likeness (QED) is 0.764. The molecule has 7 nitrogen and oxygen atoms in total. The number of rotatable bonds is 4. The van der Waals surface area contributed by atoms with Crippen molar-refractivity contribution in [3.8, 4) is 0 Å². The summed E-state index contributed by atoms with van der Waals surface area (Å²) in [5.41, 5.74) is 3.53. The highest BCUT2D eigenvalue weighted by molar-refractivity contribution is 6.02. The Kier molecular flexibility index (Phi) is 4.24. The third kappa shape index (κ3) is 3.57. The van der Waals surface area contributed by atoms with E-state index in [-0.39, 0.29) is 5.69 Å². The Morgan fingerprint density at radius 2 is 1.79 bits per heavy atom. The van der Waals surface area contributed by atoms with Gasteiger partial charge >= 0.3 is 0 Å². The topological polar surface area (TPSA) is 92.9 Å². The minimum Gasteiger partial charge on any atom is -0.360 e. The Bertz CT molecular complexity index is 871. The molecule has 0 spiro atoms. The van der Waals surface area contributed by atoms with Gasteiger partial charge in [0.1, 0.15) is 5.76 Å². The summed E-state index contributed by atoms with van der Waals surface area (Å²) in [6.45, 7) is 5.85. The monoisotopic (exact) mass is 323 g/mol. The number of anilines is 3. The maximum atomic E-state index is 12.1. The lowest BCUT2D eigenvalue weighted by atomic mass is 10.1. The normalized spacial score (nSPS) is 10.5. The zero-order valence-corrected chi connectivity index (χ0v) is 13.6. The van der Waals surface area contributed by atoms with E-state index in [1.165, 1.54) is 11.1 Å². The van der Waals surface area contributed by atoms with Crippen LogP contribution in [0.5, 0.6) is 0 Å². The van der Waals surface area contributed by atoms with E-state index in [0.29, 0.717) is 17.4 Å². The lowest BCUT2D eigenvalue weighted by Gasteiger charge is -2.08. The van der Waals surface area contributed by atoms with E-state index in [1.54, 1.807) is 25.1 Å². The van der Waals surface area contributed by atoms with E-state index in [1.807, 2.05) is 25.1 Å². The molecule has 1 amide bonds. The van der Waals surface area contributed by atoms with Gasteiger partial charge in [0.25, 0.3) is 5.91 Å². The molecule has 3 rings (SSSR count). The first-order chi connectivity index (χ1) is 11.5. The van der Waals surface area contributed by atoms with Crippen LogP contribution in [0.1, 0.15) is 27.4 Å². The van der Waals surface area contributed by atoms with E-state index in [2.05, 4.69) is 32.9 Å². The van der Waals surface area contributed by atoms with Crippen LogP contribution < -0.4 is 10.6 Å². The van der Waals surface area contributed by atoms with Gasteiger partial charge in [-0.1, -0.05) is 11.2 Å². The number of carbonyl (C=O) groups is 1. The lowest BCUT2D eigenvalue weighted by Crippen LogP contribution is -2.14. The fourth-order valence-electron chi connectivity index (χ4n) is 2.09. The lowest BCUT2D eigenvalue weighted by molar-refractivity contribution is 0.102. The van der Waals surface area contributed by atoms with Crippen molar-refractivity contribution >= 4 is 23.2 Å². The highest BCUT2D eigenvalue weighted by atomic mass is 16.5. The van der Waals surface area contributed by atoms with Crippen molar-refractivity contribution < 1.29 is 9.32 Å². The van der Waals surface area contributed by atoms with Crippen LogP contribution >= 0.6 is 0 Å². The predicted octanol–water partition coefficient (Wildman–Crippen LogP) is 3.39. The van der Waals surface area contributed by atoms with Gasteiger partial charge in [0.15, 0.2) is 17.3 Å². The van der Waals surface area contributed by atoms with Crippen LogP contribution in [0, 0.1) is 20.8 Å². The molecule has 24 heavy (non-hydrogen) atoms. The smallest absolute Gasteiger partial charge is 0.277 e. The zero-order chi connectivity index (χ0) is 17.1. The Labute approximate surface area is 139 Å². The molecule has 0 radical (unpaired) electrons. The number of carbonyl (C=O) groups excluding carboxylic acids is 1. The van der Waals surface area contributed by atoms with Crippen molar-refractivity contribution in [2.75, 3.05) is 10.6 Å². The number of amides is 1. The SMILES string of the molecule is Cc1cc(NC(=O)c2ccc(Nc3ccc(C)c(C)c3)nn2)no1. The molecule has 7 heteroatoms. The van der Waals surface area contributed by atoms with Crippen molar-refractivity contribution in [3.63, 3.8) is 0 Å². The highest BCUT2D eigenvalue weighted by Crippen LogP contribution is 2.18. The Hall–Kier alpha value is -3.22. The fraction of sp³-hybridized carbons (Fsp3) is 0.176. The van der Waals surface area contributed by atoms with Crippen molar-refractivity contribution in [2.24, 2.45) is 0 Å². The molecule has 2 N–H and O–H groups in total. The molecule has 0 fully saturated rings. The van der Waals surface area contributed by atoms with Crippen LogP contribution in [0.15, 0.2) is 40.9 Å². The van der Waals surface area contributed by atoms with Crippen molar-refractivity contribution in [1.29, 1.82) is 0 Å². The summed E-state index contributed by atoms with van der Waals surface area (Å²) in [4.78, 5) is 12.1. The van der Waals surface area contributed by atoms with E-state index >= 15 is 0 Å². The molecule has 0 atom stereocenters. The van der Waals surface area contributed by atoms with E-state index in [0.717, 1.165) is 5.69 Å². The molecule has 3 aromatic rings. The summed E-state index contributed by atoms with van der Waals surface area (Å²) in [5.74, 6) is 1.13. The van der Waals surface area contributed by atoms with Gasteiger partial charge in [0.2, 0.25) is 0 Å². The Morgan fingerprint density at radius 1 is 0.958 bits per heavy atom. The van der Waals surface area contributed by atoms with Gasteiger partial charge in [-0.15, -0.1) is 10.2 Å². The number of benzene rings is 1. The molecule has 122 valence electrons. The molecule has 0 aliphatic rings. The van der Waals surface area contributed by atoms with E-state index < -0.39 is 5.91 Å². The average molecular weight is 323 g/mol. The van der Waals surface area contributed by atoms with Crippen LogP contribution in [0.3, 0.4) is 0 Å². The Balaban J connectivity index is 1.68. The second-order valence-corrected chi connectivity index (χ2v) is 5.50. The van der Waals surface area contributed by atoms with Crippen molar-refractivity contribution in [2.45, 2.75) is 20.8 Å². The van der Waals surface area contributed by atoms with Crippen LogP contribution in [0.4, 0.5) is 17.3 Å². The number of hydrogen-bond acceptors (Lipinski definition) is 6. The second-order valence-electron chi connectivity index (χ2n) is 5.50. The Morgan fingerprint density at radius 3 is 2.42 bits per heavy atom. The number of nitrogens with one attached hydrogen (secondary N) is 2. The summed E-state index contributed by atoms with van der Waals surface area (Å²) in [6.07, 6.45) is 0. The first kappa shape index (κ1) is 15.7. The first-order valence-corrected chi connectivity index (χ1v) is 7.44. The van der Waals surface area contributed by atoms with Gasteiger partial charge in [-0.05, 0) is 56.2 Å².